The van der Waals surface area contributed by atoms with E-state index in [2.05, 4.69) is 37.8 Å². The predicted octanol–water partition coefficient (Wildman–Crippen LogP) is 1.85. The lowest BCUT2D eigenvalue weighted by atomic mass is 9.85. The normalized spacial score (nSPS) is 12.4. The van der Waals surface area contributed by atoms with Crippen molar-refractivity contribution in [2.24, 2.45) is 17.1 Å². The fourth-order valence-corrected chi connectivity index (χ4v) is 1.83. The van der Waals surface area contributed by atoms with E-state index in [-0.39, 0.29) is 5.41 Å². The quantitative estimate of drug-likeness (QED) is 0.802. The molecule has 4 heteroatoms. The van der Waals surface area contributed by atoms with E-state index in [9.17, 15) is 0 Å². The van der Waals surface area contributed by atoms with Crippen molar-refractivity contribution < 1.29 is 0 Å². The summed E-state index contributed by atoms with van der Waals surface area (Å²) in [4.78, 5) is 4.35. The molecule has 2 N–H and O–H groups in total. The maximum Gasteiger partial charge on any atom is 0.138 e. The van der Waals surface area contributed by atoms with Gasteiger partial charge in [0, 0.05) is 13.0 Å². The minimum Gasteiger partial charge on any atom is -0.330 e. The second-order valence-corrected chi connectivity index (χ2v) is 5.63. The highest BCUT2D eigenvalue weighted by molar-refractivity contribution is 4.91. The summed E-state index contributed by atoms with van der Waals surface area (Å²) in [7, 11) is 0. The first kappa shape index (κ1) is 13.2. The molecule has 0 aliphatic carbocycles. The molecule has 4 nitrogen and oxygen atoms in total. The molecule has 0 aromatic carbocycles. The monoisotopic (exact) mass is 224 g/mol. The molecule has 1 rings (SSSR count). The average Bonchev–Trinajstić information content (AvgIpc) is 2.50. The van der Waals surface area contributed by atoms with E-state index < -0.39 is 0 Å². The Kier molecular flexibility index (Phi) is 4.47. The highest BCUT2D eigenvalue weighted by Crippen LogP contribution is 2.24. The summed E-state index contributed by atoms with van der Waals surface area (Å²) >= 11 is 0. The SMILES string of the molecule is CC(C)Cn1ncnc1CC(C)(C)CCN. The van der Waals surface area contributed by atoms with Crippen molar-refractivity contribution in [3.63, 3.8) is 0 Å². The number of hydrogen-bond donors (Lipinski definition) is 1. The summed E-state index contributed by atoms with van der Waals surface area (Å²) < 4.78 is 2.02. The molecule has 0 aliphatic rings. The highest BCUT2D eigenvalue weighted by Gasteiger charge is 2.20. The fourth-order valence-electron chi connectivity index (χ4n) is 1.83. The van der Waals surface area contributed by atoms with Crippen molar-refractivity contribution in [3.05, 3.63) is 12.2 Å². The molecule has 1 aromatic rings. The molecule has 0 aliphatic heterocycles. The van der Waals surface area contributed by atoms with E-state index in [0.717, 1.165) is 31.8 Å². The highest BCUT2D eigenvalue weighted by atomic mass is 15.3. The van der Waals surface area contributed by atoms with E-state index in [1.54, 1.807) is 6.33 Å². The molecule has 0 fully saturated rings. The number of nitrogens with zero attached hydrogens (tertiary/aromatic N) is 3. The molecule has 0 atom stereocenters. The van der Waals surface area contributed by atoms with Gasteiger partial charge >= 0.3 is 0 Å². The molecule has 1 aromatic heterocycles. The van der Waals surface area contributed by atoms with Crippen LogP contribution >= 0.6 is 0 Å². The van der Waals surface area contributed by atoms with Crippen LogP contribution in [0.2, 0.25) is 0 Å². The topological polar surface area (TPSA) is 56.7 Å². The number of aromatic nitrogens is 3. The van der Waals surface area contributed by atoms with E-state index in [4.69, 9.17) is 5.73 Å². The van der Waals surface area contributed by atoms with Gasteiger partial charge < -0.3 is 5.73 Å². The Bertz CT molecular complexity index is 315. The average molecular weight is 224 g/mol. The lowest BCUT2D eigenvalue weighted by molar-refractivity contribution is 0.319. The molecule has 0 bridgehead atoms. The third kappa shape index (κ3) is 3.93. The zero-order valence-corrected chi connectivity index (χ0v) is 10.9. The Morgan fingerprint density at radius 1 is 1.44 bits per heavy atom. The van der Waals surface area contributed by atoms with Crippen LogP contribution in [0, 0.1) is 11.3 Å². The van der Waals surface area contributed by atoms with Gasteiger partial charge in [0.05, 0.1) is 0 Å². The van der Waals surface area contributed by atoms with Gasteiger partial charge in [-0.2, -0.15) is 5.10 Å². The van der Waals surface area contributed by atoms with Gasteiger partial charge in [0.25, 0.3) is 0 Å². The minimum absolute atomic E-state index is 0.205. The second-order valence-electron chi connectivity index (χ2n) is 5.63. The third-order valence-electron chi connectivity index (χ3n) is 2.69. The first-order valence-electron chi connectivity index (χ1n) is 6.01. The van der Waals surface area contributed by atoms with Crippen LogP contribution in [0.4, 0.5) is 0 Å². The Morgan fingerprint density at radius 2 is 2.12 bits per heavy atom. The summed E-state index contributed by atoms with van der Waals surface area (Å²) in [6, 6.07) is 0. The predicted molar refractivity (Wildman–Crippen MR) is 66.0 cm³/mol. The van der Waals surface area contributed by atoms with Crippen LogP contribution in [-0.4, -0.2) is 21.3 Å². The van der Waals surface area contributed by atoms with Crippen molar-refractivity contribution in [2.45, 2.75) is 47.1 Å². The van der Waals surface area contributed by atoms with Crippen LogP contribution in [0.15, 0.2) is 6.33 Å². The Hall–Kier alpha value is -0.900. The summed E-state index contributed by atoms with van der Waals surface area (Å²) in [5, 5.41) is 4.27. The van der Waals surface area contributed by atoms with Gasteiger partial charge in [-0.15, -0.1) is 0 Å². The van der Waals surface area contributed by atoms with Gasteiger partial charge in [0.15, 0.2) is 0 Å². The Morgan fingerprint density at radius 3 is 2.69 bits per heavy atom. The van der Waals surface area contributed by atoms with Gasteiger partial charge in [-0.05, 0) is 24.3 Å². The summed E-state index contributed by atoms with van der Waals surface area (Å²) in [6.07, 6.45) is 3.61. The van der Waals surface area contributed by atoms with Crippen molar-refractivity contribution in [3.8, 4) is 0 Å². The van der Waals surface area contributed by atoms with E-state index >= 15 is 0 Å². The molecule has 0 amide bonds. The number of hydrogen-bond acceptors (Lipinski definition) is 3. The van der Waals surface area contributed by atoms with E-state index in [1.165, 1.54) is 0 Å². The van der Waals surface area contributed by atoms with Crippen LogP contribution in [0.25, 0.3) is 0 Å². The van der Waals surface area contributed by atoms with Crippen LogP contribution in [0.3, 0.4) is 0 Å². The Labute approximate surface area is 98.2 Å². The Balaban J connectivity index is 2.69. The largest absolute Gasteiger partial charge is 0.330 e. The lowest BCUT2D eigenvalue weighted by Gasteiger charge is -2.23. The molecular weight excluding hydrogens is 200 g/mol. The molecule has 92 valence electrons. The lowest BCUT2D eigenvalue weighted by Crippen LogP contribution is -2.23. The summed E-state index contributed by atoms with van der Waals surface area (Å²) in [5.41, 5.74) is 5.82. The molecule has 0 radical (unpaired) electrons. The maximum absolute atomic E-state index is 5.62. The molecule has 0 spiro atoms. The third-order valence-corrected chi connectivity index (χ3v) is 2.69. The van der Waals surface area contributed by atoms with E-state index in [1.807, 2.05) is 4.68 Å². The van der Waals surface area contributed by atoms with Crippen LogP contribution in [0.1, 0.15) is 39.9 Å². The minimum atomic E-state index is 0.205. The van der Waals surface area contributed by atoms with Crippen LogP contribution in [0.5, 0.6) is 0 Å². The zero-order valence-electron chi connectivity index (χ0n) is 10.9. The standard InChI is InChI=1S/C12H24N4/c1-10(2)8-16-11(14-9-15-16)7-12(3,4)5-6-13/h9-10H,5-8,13H2,1-4H3. The molecule has 0 saturated heterocycles. The van der Waals surface area contributed by atoms with Gasteiger partial charge in [-0.3, -0.25) is 0 Å². The molecule has 16 heavy (non-hydrogen) atoms. The number of nitrogens with two attached hydrogens (primary N) is 1. The second kappa shape index (κ2) is 5.43. The first-order chi connectivity index (χ1) is 7.44. The maximum atomic E-state index is 5.62. The van der Waals surface area contributed by atoms with Crippen molar-refractivity contribution >= 4 is 0 Å². The molecule has 0 unspecified atom stereocenters. The zero-order chi connectivity index (χ0) is 12.2. The van der Waals surface area contributed by atoms with Gasteiger partial charge in [0.2, 0.25) is 0 Å². The van der Waals surface area contributed by atoms with Crippen molar-refractivity contribution in [1.29, 1.82) is 0 Å². The van der Waals surface area contributed by atoms with E-state index in [0.29, 0.717) is 5.92 Å². The van der Waals surface area contributed by atoms with Crippen LogP contribution < -0.4 is 5.73 Å². The van der Waals surface area contributed by atoms with Crippen molar-refractivity contribution in [1.82, 2.24) is 14.8 Å². The molecule has 0 saturated carbocycles. The van der Waals surface area contributed by atoms with Gasteiger partial charge in [0.1, 0.15) is 12.2 Å². The summed E-state index contributed by atoms with van der Waals surface area (Å²) in [5.74, 6) is 1.67. The fraction of sp³-hybridized carbons (Fsp3) is 0.833. The van der Waals surface area contributed by atoms with Crippen molar-refractivity contribution in [2.75, 3.05) is 6.54 Å². The first-order valence-corrected chi connectivity index (χ1v) is 6.01. The summed E-state index contributed by atoms with van der Waals surface area (Å²) in [6.45, 7) is 10.5. The van der Waals surface area contributed by atoms with Gasteiger partial charge in [-0.1, -0.05) is 27.7 Å². The number of rotatable bonds is 6. The van der Waals surface area contributed by atoms with Gasteiger partial charge in [-0.25, -0.2) is 9.67 Å². The smallest absolute Gasteiger partial charge is 0.138 e. The molecule has 1 heterocycles. The van der Waals surface area contributed by atoms with Crippen LogP contribution in [-0.2, 0) is 13.0 Å². The molecular formula is C12H24N4.